The van der Waals surface area contributed by atoms with Crippen LogP contribution >= 0.6 is 15.9 Å². The first-order chi connectivity index (χ1) is 13.0. The van der Waals surface area contributed by atoms with Gasteiger partial charge in [-0.2, -0.15) is 0 Å². The Labute approximate surface area is 168 Å². The number of aliphatic hydroxyl groups is 1. The highest BCUT2D eigenvalue weighted by atomic mass is 79.9. The lowest BCUT2D eigenvalue weighted by Crippen LogP contribution is -2.37. The summed E-state index contributed by atoms with van der Waals surface area (Å²) in [6.45, 7) is 4.70. The van der Waals surface area contributed by atoms with Crippen molar-refractivity contribution in [2.24, 2.45) is 0 Å². The zero-order valence-electron chi connectivity index (χ0n) is 15.7. The normalized spacial score (nSPS) is 12.9. The van der Waals surface area contributed by atoms with Crippen molar-refractivity contribution in [3.05, 3.63) is 58.6 Å². The van der Waals surface area contributed by atoms with Crippen LogP contribution in [0.3, 0.4) is 0 Å². The van der Waals surface area contributed by atoms with Crippen molar-refractivity contribution in [2.45, 2.75) is 38.8 Å². The molecule has 0 aliphatic carbocycles. The number of hydrogen-bond acceptors (Lipinski definition) is 4. The molecule has 0 heterocycles. The molecule has 2 aromatic carbocycles. The lowest BCUT2D eigenvalue weighted by Gasteiger charge is -2.21. The molecule has 0 radical (unpaired) electrons. The minimum atomic E-state index is -0.753. The summed E-state index contributed by atoms with van der Waals surface area (Å²) in [6.07, 6.45) is 0.151. The van der Waals surface area contributed by atoms with E-state index in [-0.39, 0.29) is 11.9 Å². The van der Waals surface area contributed by atoms with Crippen molar-refractivity contribution in [1.29, 1.82) is 0 Å². The van der Waals surface area contributed by atoms with Crippen molar-refractivity contribution < 1.29 is 19.4 Å². The largest absolute Gasteiger partial charge is 0.490 e. The maximum atomic E-state index is 12.1. The second-order valence-corrected chi connectivity index (χ2v) is 7.10. The van der Waals surface area contributed by atoms with E-state index in [0.717, 1.165) is 10.0 Å². The molecule has 6 heteroatoms. The van der Waals surface area contributed by atoms with Gasteiger partial charge in [0, 0.05) is 10.9 Å². The molecular formula is C21H26BrNO4. The van der Waals surface area contributed by atoms with Crippen LogP contribution in [0.4, 0.5) is 0 Å². The summed E-state index contributed by atoms with van der Waals surface area (Å²) in [5, 5.41) is 13.2. The number of halogens is 1. The lowest BCUT2D eigenvalue weighted by molar-refractivity contribution is -0.122. The molecule has 0 aliphatic rings. The first-order valence-electron chi connectivity index (χ1n) is 9.08. The molecule has 146 valence electrons. The van der Waals surface area contributed by atoms with Gasteiger partial charge in [0.15, 0.2) is 11.5 Å². The van der Waals surface area contributed by atoms with E-state index < -0.39 is 6.10 Å². The summed E-state index contributed by atoms with van der Waals surface area (Å²) >= 11 is 3.37. The van der Waals surface area contributed by atoms with Crippen LogP contribution in [-0.4, -0.2) is 30.3 Å². The van der Waals surface area contributed by atoms with Gasteiger partial charge in [-0.05, 0) is 50.1 Å². The standard InChI is InChI=1S/C21H26BrNO4/c1-3-26-18-7-4-5-8-19(18)27-14-6-9-20(24)23-15(2)21(25)16-10-12-17(22)13-11-16/h4-5,7-8,10-13,15,21,25H,3,6,9,14H2,1-2H3,(H,23,24)/t15-,21+/m0/s1. The molecule has 5 nitrogen and oxygen atoms in total. The highest BCUT2D eigenvalue weighted by molar-refractivity contribution is 9.10. The third kappa shape index (κ3) is 6.88. The van der Waals surface area contributed by atoms with Crippen LogP contribution < -0.4 is 14.8 Å². The van der Waals surface area contributed by atoms with E-state index in [4.69, 9.17) is 9.47 Å². The topological polar surface area (TPSA) is 67.8 Å². The van der Waals surface area contributed by atoms with E-state index in [1.54, 1.807) is 6.92 Å². The van der Waals surface area contributed by atoms with E-state index in [0.29, 0.717) is 37.6 Å². The van der Waals surface area contributed by atoms with Gasteiger partial charge in [0.05, 0.1) is 25.4 Å². The van der Waals surface area contributed by atoms with Crippen molar-refractivity contribution in [2.75, 3.05) is 13.2 Å². The third-order valence-electron chi connectivity index (χ3n) is 4.03. The number of aliphatic hydroxyl groups excluding tert-OH is 1. The molecule has 1 amide bonds. The molecule has 2 N–H and O–H groups in total. The number of rotatable bonds is 10. The zero-order chi connectivity index (χ0) is 19.6. The Hall–Kier alpha value is -2.05. The summed E-state index contributed by atoms with van der Waals surface area (Å²) in [7, 11) is 0. The summed E-state index contributed by atoms with van der Waals surface area (Å²) in [5.74, 6) is 1.27. The molecule has 0 bridgehead atoms. The molecule has 2 atom stereocenters. The Balaban J connectivity index is 1.73. The van der Waals surface area contributed by atoms with Crippen LogP contribution in [0.5, 0.6) is 11.5 Å². The quantitative estimate of drug-likeness (QED) is 0.547. The highest BCUT2D eigenvalue weighted by Gasteiger charge is 2.18. The van der Waals surface area contributed by atoms with Gasteiger partial charge < -0.3 is 19.9 Å². The van der Waals surface area contributed by atoms with Crippen molar-refractivity contribution in [3.8, 4) is 11.5 Å². The van der Waals surface area contributed by atoms with E-state index >= 15 is 0 Å². The van der Waals surface area contributed by atoms with Gasteiger partial charge >= 0.3 is 0 Å². The van der Waals surface area contributed by atoms with Crippen LogP contribution in [0.15, 0.2) is 53.0 Å². The lowest BCUT2D eigenvalue weighted by atomic mass is 10.0. The molecule has 0 saturated carbocycles. The Morgan fingerprint density at radius 3 is 2.37 bits per heavy atom. The van der Waals surface area contributed by atoms with E-state index in [1.807, 2.05) is 55.5 Å². The molecular weight excluding hydrogens is 410 g/mol. The first kappa shape index (κ1) is 21.3. The van der Waals surface area contributed by atoms with Crippen LogP contribution in [0.2, 0.25) is 0 Å². The minimum Gasteiger partial charge on any atom is -0.490 e. The SMILES string of the molecule is CCOc1ccccc1OCCCC(=O)N[C@@H](C)[C@@H](O)c1ccc(Br)cc1. The highest BCUT2D eigenvalue weighted by Crippen LogP contribution is 2.26. The Kier molecular flexibility index (Phi) is 8.61. The average molecular weight is 436 g/mol. The van der Waals surface area contributed by atoms with Crippen LogP contribution in [0.25, 0.3) is 0 Å². The van der Waals surface area contributed by atoms with Gasteiger partial charge in [-0.25, -0.2) is 0 Å². The van der Waals surface area contributed by atoms with Crippen LogP contribution in [0.1, 0.15) is 38.4 Å². The predicted molar refractivity (Wildman–Crippen MR) is 109 cm³/mol. The number of carbonyl (C=O) groups excluding carboxylic acids is 1. The number of para-hydroxylation sites is 2. The molecule has 0 saturated heterocycles. The molecule has 27 heavy (non-hydrogen) atoms. The molecule has 2 aromatic rings. The third-order valence-corrected chi connectivity index (χ3v) is 4.56. The molecule has 2 rings (SSSR count). The van der Waals surface area contributed by atoms with Crippen LogP contribution in [0, 0.1) is 0 Å². The Morgan fingerprint density at radius 1 is 1.11 bits per heavy atom. The van der Waals surface area contributed by atoms with E-state index in [9.17, 15) is 9.90 Å². The van der Waals surface area contributed by atoms with E-state index in [2.05, 4.69) is 21.2 Å². The predicted octanol–water partition coefficient (Wildman–Crippen LogP) is 4.25. The summed E-state index contributed by atoms with van der Waals surface area (Å²) in [4.78, 5) is 12.1. The maximum absolute atomic E-state index is 12.1. The average Bonchev–Trinajstić information content (AvgIpc) is 2.66. The number of benzene rings is 2. The number of ether oxygens (including phenoxy) is 2. The monoisotopic (exact) mass is 435 g/mol. The second-order valence-electron chi connectivity index (χ2n) is 6.18. The van der Waals surface area contributed by atoms with Gasteiger partial charge in [-0.1, -0.05) is 40.2 Å². The Bertz CT molecular complexity index is 720. The smallest absolute Gasteiger partial charge is 0.220 e. The van der Waals surface area contributed by atoms with Crippen molar-refractivity contribution in [3.63, 3.8) is 0 Å². The fourth-order valence-corrected chi connectivity index (χ4v) is 2.88. The van der Waals surface area contributed by atoms with Gasteiger partial charge in [0.25, 0.3) is 0 Å². The van der Waals surface area contributed by atoms with Gasteiger partial charge in [-0.3, -0.25) is 4.79 Å². The molecule has 0 aliphatic heterocycles. The molecule has 0 unspecified atom stereocenters. The van der Waals surface area contributed by atoms with Crippen LogP contribution in [-0.2, 0) is 4.79 Å². The fraction of sp³-hybridized carbons (Fsp3) is 0.381. The first-order valence-corrected chi connectivity index (χ1v) is 9.88. The number of carbonyl (C=O) groups is 1. The van der Waals surface area contributed by atoms with Crippen molar-refractivity contribution >= 4 is 21.8 Å². The number of amides is 1. The van der Waals surface area contributed by atoms with Gasteiger partial charge in [0.1, 0.15) is 0 Å². The van der Waals surface area contributed by atoms with Crippen molar-refractivity contribution in [1.82, 2.24) is 5.32 Å². The fourth-order valence-electron chi connectivity index (χ4n) is 2.61. The summed E-state index contributed by atoms with van der Waals surface area (Å²) in [6, 6.07) is 14.5. The summed E-state index contributed by atoms with van der Waals surface area (Å²) in [5.41, 5.74) is 0.766. The number of nitrogens with one attached hydrogen (secondary N) is 1. The number of hydrogen-bond donors (Lipinski definition) is 2. The molecule has 0 aromatic heterocycles. The summed E-state index contributed by atoms with van der Waals surface area (Å²) < 4.78 is 12.2. The van der Waals surface area contributed by atoms with E-state index in [1.165, 1.54) is 0 Å². The minimum absolute atomic E-state index is 0.111. The maximum Gasteiger partial charge on any atom is 0.220 e. The van der Waals surface area contributed by atoms with Gasteiger partial charge in [0.2, 0.25) is 5.91 Å². The molecule has 0 spiro atoms. The molecule has 0 fully saturated rings. The zero-order valence-corrected chi connectivity index (χ0v) is 17.2. The Morgan fingerprint density at radius 2 is 1.74 bits per heavy atom. The second kappa shape index (κ2) is 10.9. The van der Waals surface area contributed by atoms with Gasteiger partial charge in [-0.15, -0.1) is 0 Å².